The summed E-state index contributed by atoms with van der Waals surface area (Å²) in [6.45, 7) is 0.809. The smallest absolute Gasteiger partial charge is 0.175 e. The molecule has 0 amide bonds. The fourth-order valence-electron chi connectivity index (χ4n) is 1.77. The van der Waals surface area contributed by atoms with Crippen LogP contribution in [-0.4, -0.2) is 21.7 Å². The molecule has 0 saturated carbocycles. The van der Waals surface area contributed by atoms with Crippen molar-refractivity contribution in [1.29, 1.82) is 0 Å². The summed E-state index contributed by atoms with van der Waals surface area (Å²) in [5, 5.41) is 3.08. The topological polar surface area (TPSA) is 55.4 Å². The number of hydrogen-bond acceptors (Lipinski definition) is 4. The molecule has 1 N–H and O–H groups in total. The van der Waals surface area contributed by atoms with Gasteiger partial charge in [0.25, 0.3) is 0 Å². The van der Waals surface area contributed by atoms with Crippen molar-refractivity contribution in [3.8, 4) is 11.5 Å². The van der Waals surface area contributed by atoms with E-state index >= 15 is 0 Å². The van der Waals surface area contributed by atoms with Crippen LogP contribution in [0.4, 0.5) is 0 Å². The van der Waals surface area contributed by atoms with Crippen LogP contribution in [0, 0.1) is 0 Å². The van der Waals surface area contributed by atoms with Crippen LogP contribution in [-0.2, 0) is 16.4 Å². The van der Waals surface area contributed by atoms with Crippen LogP contribution >= 0.6 is 0 Å². The van der Waals surface area contributed by atoms with Gasteiger partial charge in [-0.1, -0.05) is 12.1 Å². The number of hydrogen-bond donors (Lipinski definition) is 1. The van der Waals surface area contributed by atoms with E-state index in [1.165, 1.54) is 11.8 Å². The van der Waals surface area contributed by atoms with Gasteiger partial charge in [-0.2, -0.15) is 0 Å². The Hall–Kier alpha value is -1.85. The Morgan fingerprint density at radius 2 is 1.45 bits per heavy atom. The van der Waals surface area contributed by atoms with Crippen LogP contribution < -0.4 is 10.1 Å². The maximum atomic E-state index is 11.4. The second-order valence-electron chi connectivity index (χ2n) is 4.52. The van der Waals surface area contributed by atoms with Gasteiger partial charge in [0.15, 0.2) is 9.84 Å². The lowest BCUT2D eigenvalue weighted by atomic mass is 10.2. The van der Waals surface area contributed by atoms with E-state index in [1.807, 2.05) is 31.3 Å². The van der Waals surface area contributed by atoms with E-state index in [1.54, 1.807) is 24.3 Å². The van der Waals surface area contributed by atoms with E-state index in [9.17, 15) is 8.42 Å². The second-order valence-corrected chi connectivity index (χ2v) is 6.54. The van der Waals surface area contributed by atoms with Crippen LogP contribution in [0.15, 0.2) is 53.4 Å². The van der Waals surface area contributed by atoms with Crippen LogP contribution in [0.25, 0.3) is 0 Å². The summed E-state index contributed by atoms with van der Waals surface area (Å²) in [5.41, 5.74) is 1.17. The van der Waals surface area contributed by atoms with Crippen molar-refractivity contribution < 1.29 is 13.2 Å². The van der Waals surface area contributed by atoms with Gasteiger partial charge >= 0.3 is 0 Å². The Bertz CT molecular complexity index is 661. The molecule has 0 heterocycles. The molecule has 0 bridgehead atoms. The number of benzene rings is 2. The fourth-order valence-corrected chi connectivity index (χ4v) is 2.40. The Balaban J connectivity index is 2.10. The molecule has 0 unspecified atom stereocenters. The van der Waals surface area contributed by atoms with Gasteiger partial charge in [-0.15, -0.1) is 0 Å². The largest absolute Gasteiger partial charge is 0.457 e. The molecule has 0 aromatic heterocycles. The molecule has 0 fully saturated rings. The van der Waals surface area contributed by atoms with E-state index in [0.29, 0.717) is 5.75 Å². The molecule has 2 aromatic rings. The van der Waals surface area contributed by atoms with Crippen molar-refractivity contribution >= 4 is 9.84 Å². The van der Waals surface area contributed by atoms with Gasteiger partial charge in [0.05, 0.1) is 4.90 Å². The van der Waals surface area contributed by atoms with E-state index in [0.717, 1.165) is 12.3 Å². The van der Waals surface area contributed by atoms with Gasteiger partial charge in [0, 0.05) is 12.8 Å². The number of nitrogens with one attached hydrogen (secondary N) is 1. The first-order chi connectivity index (χ1) is 9.49. The van der Waals surface area contributed by atoms with Crippen molar-refractivity contribution in [1.82, 2.24) is 5.32 Å². The maximum absolute atomic E-state index is 11.4. The van der Waals surface area contributed by atoms with Crippen molar-refractivity contribution in [2.75, 3.05) is 13.3 Å². The summed E-state index contributed by atoms with van der Waals surface area (Å²) >= 11 is 0. The zero-order valence-electron chi connectivity index (χ0n) is 11.5. The lowest BCUT2D eigenvalue weighted by Gasteiger charge is -2.07. The molecule has 0 radical (unpaired) electrons. The third-order valence-corrected chi connectivity index (χ3v) is 3.92. The first kappa shape index (κ1) is 14.6. The maximum Gasteiger partial charge on any atom is 0.175 e. The highest BCUT2D eigenvalue weighted by atomic mass is 32.2. The average molecular weight is 291 g/mol. The molecule has 2 rings (SSSR count). The lowest BCUT2D eigenvalue weighted by molar-refractivity contribution is 0.482. The van der Waals surface area contributed by atoms with Crippen molar-refractivity contribution in [2.45, 2.75) is 11.4 Å². The zero-order valence-corrected chi connectivity index (χ0v) is 12.3. The van der Waals surface area contributed by atoms with Gasteiger partial charge in [-0.3, -0.25) is 0 Å². The second kappa shape index (κ2) is 6.07. The van der Waals surface area contributed by atoms with Gasteiger partial charge in [0.2, 0.25) is 0 Å². The van der Waals surface area contributed by atoms with E-state index in [-0.39, 0.29) is 4.90 Å². The molecule has 106 valence electrons. The fraction of sp³-hybridized carbons (Fsp3) is 0.200. The molecule has 5 heteroatoms. The predicted molar refractivity (Wildman–Crippen MR) is 78.8 cm³/mol. The highest BCUT2D eigenvalue weighted by Gasteiger charge is 2.06. The average Bonchev–Trinajstić information content (AvgIpc) is 2.41. The summed E-state index contributed by atoms with van der Waals surface area (Å²) < 4.78 is 28.4. The van der Waals surface area contributed by atoms with Gasteiger partial charge in [0.1, 0.15) is 11.5 Å². The van der Waals surface area contributed by atoms with Gasteiger partial charge < -0.3 is 10.1 Å². The molecule has 0 saturated heterocycles. The van der Waals surface area contributed by atoms with Gasteiger partial charge in [-0.05, 0) is 49.0 Å². The minimum atomic E-state index is -3.17. The Kier molecular flexibility index (Phi) is 4.42. The summed E-state index contributed by atoms with van der Waals surface area (Å²) in [6, 6.07) is 14.1. The van der Waals surface area contributed by atoms with Crippen molar-refractivity contribution in [3.05, 3.63) is 54.1 Å². The summed E-state index contributed by atoms with van der Waals surface area (Å²) in [7, 11) is -1.27. The standard InChI is InChI=1S/C15H17NO3S/c1-16-11-12-3-5-13(6-4-12)19-14-7-9-15(10-8-14)20(2,17)18/h3-10,16H,11H2,1-2H3. The van der Waals surface area contributed by atoms with Gasteiger partial charge in [-0.25, -0.2) is 8.42 Å². The molecule has 0 aliphatic heterocycles. The number of rotatable bonds is 5. The molecule has 20 heavy (non-hydrogen) atoms. The Morgan fingerprint density at radius 3 is 1.90 bits per heavy atom. The lowest BCUT2D eigenvalue weighted by Crippen LogP contribution is -2.04. The summed E-state index contributed by atoms with van der Waals surface area (Å²) in [4.78, 5) is 0.286. The van der Waals surface area contributed by atoms with Crippen LogP contribution in [0.2, 0.25) is 0 Å². The third kappa shape index (κ3) is 3.82. The Labute approximate surface area is 119 Å². The van der Waals surface area contributed by atoms with E-state index in [4.69, 9.17) is 4.74 Å². The summed E-state index contributed by atoms with van der Waals surface area (Å²) in [5.74, 6) is 1.33. The van der Waals surface area contributed by atoms with E-state index < -0.39 is 9.84 Å². The minimum Gasteiger partial charge on any atom is -0.457 e. The number of sulfone groups is 1. The highest BCUT2D eigenvalue weighted by molar-refractivity contribution is 7.90. The minimum absolute atomic E-state index is 0.286. The van der Waals surface area contributed by atoms with Crippen molar-refractivity contribution in [3.63, 3.8) is 0 Å². The quantitative estimate of drug-likeness (QED) is 0.920. The third-order valence-electron chi connectivity index (χ3n) is 2.79. The molecular formula is C15H17NO3S. The Morgan fingerprint density at radius 1 is 0.950 bits per heavy atom. The normalized spacial score (nSPS) is 11.3. The highest BCUT2D eigenvalue weighted by Crippen LogP contribution is 2.23. The SMILES string of the molecule is CNCc1ccc(Oc2ccc(S(C)(=O)=O)cc2)cc1. The molecule has 0 spiro atoms. The molecular weight excluding hydrogens is 274 g/mol. The predicted octanol–water partition coefficient (Wildman–Crippen LogP) is 2.60. The zero-order chi connectivity index (χ0) is 14.6. The molecule has 0 aliphatic rings. The number of ether oxygens (including phenoxy) is 1. The molecule has 0 atom stereocenters. The summed E-state index contributed by atoms with van der Waals surface area (Å²) in [6.07, 6.45) is 1.18. The molecule has 4 nitrogen and oxygen atoms in total. The van der Waals surface area contributed by atoms with Crippen LogP contribution in [0.3, 0.4) is 0 Å². The van der Waals surface area contributed by atoms with Crippen LogP contribution in [0.5, 0.6) is 11.5 Å². The first-order valence-corrected chi connectivity index (χ1v) is 8.10. The monoisotopic (exact) mass is 291 g/mol. The van der Waals surface area contributed by atoms with E-state index in [2.05, 4.69) is 5.32 Å². The first-order valence-electron chi connectivity index (χ1n) is 6.20. The molecule has 0 aliphatic carbocycles. The van der Waals surface area contributed by atoms with Crippen molar-refractivity contribution in [2.24, 2.45) is 0 Å². The molecule has 2 aromatic carbocycles. The van der Waals surface area contributed by atoms with Crippen LogP contribution in [0.1, 0.15) is 5.56 Å².